The summed E-state index contributed by atoms with van der Waals surface area (Å²) in [5, 5.41) is 18.6. The molecule has 30 heavy (non-hydrogen) atoms. The van der Waals surface area contributed by atoms with Gasteiger partial charge in [-0.1, -0.05) is 40.9 Å². The molecule has 0 aliphatic carbocycles. The van der Waals surface area contributed by atoms with Crippen molar-refractivity contribution in [3.8, 4) is 0 Å². The average Bonchev–Trinajstić information content (AvgIpc) is 3.11. The predicted octanol–water partition coefficient (Wildman–Crippen LogP) is 6.28. The summed E-state index contributed by atoms with van der Waals surface area (Å²) in [6, 6.07) is 16.9. The van der Waals surface area contributed by atoms with Gasteiger partial charge in [0.05, 0.1) is 27.6 Å². The summed E-state index contributed by atoms with van der Waals surface area (Å²) in [4.78, 5) is 15.5. The van der Waals surface area contributed by atoms with Crippen LogP contribution in [0.25, 0.3) is 10.9 Å². The minimum Gasteiger partial charge on any atom is -0.411 e. The Bertz CT molecular complexity index is 1220. The molecule has 0 atom stereocenters. The highest BCUT2D eigenvalue weighted by atomic mass is 35.5. The molecule has 6 nitrogen and oxygen atoms in total. The van der Waals surface area contributed by atoms with Crippen molar-refractivity contribution in [1.29, 1.82) is 0 Å². The molecule has 2 N–H and O–H groups in total. The highest BCUT2D eigenvalue weighted by Crippen LogP contribution is 2.30. The molecule has 0 fully saturated rings. The van der Waals surface area contributed by atoms with Gasteiger partial charge in [0.1, 0.15) is 5.52 Å². The zero-order valence-corrected chi connectivity index (χ0v) is 17.7. The molecule has 1 heterocycles. The number of benzene rings is 3. The van der Waals surface area contributed by atoms with Crippen molar-refractivity contribution < 1.29 is 10.0 Å². The molecule has 0 saturated heterocycles. The van der Waals surface area contributed by atoms with Gasteiger partial charge in [0.2, 0.25) is 0 Å². The third-order valence-corrected chi connectivity index (χ3v) is 5.50. The number of carbonyl (C=O) groups is 1. The number of urea groups is 1. The van der Waals surface area contributed by atoms with Crippen LogP contribution in [-0.4, -0.2) is 21.2 Å². The lowest BCUT2D eigenvalue weighted by Gasteiger charge is -2.24. The molecule has 0 radical (unpaired) electrons. The molecule has 0 bridgehead atoms. The Balaban J connectivity index is 1.66. The zero-order chi connectivity index (χ0) is 21.3. The molecular weight excluding hydrogens is 447 g/mol. The van der Waals surface area contributed by atoms with Gasteiger partial charge in [-0.15, -0.1) is 9.94 Å². The number of carbonyl (C=O) groups excluding carboxylic acids is 1. The molecule has 4 aromatic rings. The molecule has 3 aromatic carbocycles. The quantitative estimate of drug-likeness (QED) is 0.351. The van der Waals surface area contributed by atoms with Crippen LogP contribution in [0.3, 0.4) is 0 Å². The number of nitrogens with one attached hydrogen (secondary N) is 1. The molecule has 0 unspecified atom stereocenters. The molecule has 4 rings (SSSR count). The lowest BCUT2D eigenvalue weighted by Crippen LogP contribution is -2.36. The lowest BCUT2D eigenvalue weighted by molar-refractivity contribution is 0.161. The third-order valence-electron chi connectivity index (χ3n) is 4.51. The predicted molar refractivity (Wildman–Crippen MR) is 119 cm³/mol. The number of halogens is 3. The van der Waals surface area contributed by atoms with E-state index >= 15 is 0 Å². The van der Waals surface area contributed by atoms with Gasteiger partial charge in [-0.25, -0.2) is 4.79 Å². The second kappa shape index (κ2) is 8.44. The molecule has 0 aliphatic heterocycles. The van der Waals surface area contributed by atoms with E-state index < -0.39 is 0 Å². The van der Waals surface area contributed by atoms with Gasteiger partial charge in [-0.2, -0.15) is 0 Å². The fourth-order valence-corrected chi connectivity index (χ4v) is 3.47. The minimum absolute atomic E-state index is 0.261. The molecule has 152 valence electrons. The van der Waals surface area contributed by atoms with Crippen LogP contribution in [0.15, 0.2) is 66.9 Å². The van der Waals surface area contributed by atoms with Crippen molar-refractivity contribution in [2.75, 3.05) is 4.90 Å². The number of fused-ring (bicyclic) bond motifs is 1. The minimum atomic E-state index is -0.348. The van der Waals surface area contributed by atoms with Crippen molar-refractivity contribution in [2.45, 2.75) is 6.54 Å². The van der Waals surface area contributed by atoms with Gasteiger partial charge < -0.3 is 10.5 Å². The van der Waals surface area contributed by atoms with E-state index in [9.17, 15) is 10.0 Å². The Morgan fingerprint density at radius 3 is 2.43 bits per heavy atom. The second-order valence-electron chi connectivity index (χ2n) is 6.50. The van der Waals surface area contributed by atoms with E-state index in [2.05, 4.69) is 10.4 Å². The van der Waals surface area contributed by atoms with Crippen molar-refractivity contribution in [3.63, 3.8) is 0 Å². The van der Waals surface area contributed by atoms with E-state index in [0.29, 0.717) is 37.3 Å². The first-order valence-corrected chi connectivity index (χ1v) is 10.0. The standard InChI is InChI=1S/C21H15Cl3N4O2/c22-15-2-4-16(5-3-15)27(17-6-8-20-14(10-17)12-26-28(20)30)21(29)25-11-13-1-7-18(23)19(24)9-13/h1-10,12,30H,11H2,(H,25,29). The van der Waals surface area contributed by atoms with Gasteiger partial charge in [-0.3, -0.25) is 4.90 Å². The first-order valence-electron chi connectivity index (χ1n) is 8.87. The van der Waals surface area contributed by atoms with Crippen LogP contribution >= 0.6 is 34.8 Å². The molecule has 2 amide bonds. The second-order valence-corrected chi connectivity index (χ2v) is 7.75. The average molecular weight is 462 g/mol. The number of anilines is 2. The number of nitrogens with zero attached hydrogens (tertiary/aromatic N) is 3. The van der Waals surface area contributed by atoms with E-state index in [4.69, 9.17) is 34.8 Å². The van der Waals surface area contributed by atoms with Gasteiger partial charge in [0.25, 0.3) is 0 Å². The fraction of sp³-hybridized carbons (Fsp3) is 0.0476. The molecule has 0 aliphatic rings. The van der Waals surface area contributed by atoms with Crippen molar-refractivity contribution >= 4 is 63.1 Å². The first-order chi connectivity index (χ1) is 14.4. The van der Waals surface area contributed by atoms with Gasteiger partial charge >= 0.3 is 6.03 Å². The Labute approximate surface area is 187 Å². The first kappa shape index (κ1) is 20.3. The van der Waals surface area contributed by atoms with Crippen molar-refractivity contribution in [1.82, 2.24) is 15.3 Å². The van der Waals surface area contributed by atoms with Crippen molar-refractivity contribution in [2.24, 2.45) is 0 Å². The van der Waals surface area contributed by atoms with Gasteiger partial charge in [0.15, 0.2) is 0 Å². The molecule has 0 spiro atoms. The van der Waals surface area contributed by atoms with Crippen LogP contribution in [0.2, 0.25) is 15.1 Å². The highest BCUT2D eigenvalue weighted by molar-refractivity contribution is 6.42. The van der Waals surface area contributed by atoms with Crippen LogP contribution in [0.1, 0.15) is 5.56 Å². The molecule has 9 heteroatoms. The summed E-state index contributed by atoms with van der Waals surface area (Å²) in [6.07, 6.45) is 1.52. The number of amides is 2. The summed E-state index contributed by atoms with van der Waals surface area (Å²) >= 11 is 18.0. The number of hydrogen-bond donors (Lipinski definition) is 2. The smallest absolute Gasteiger partial charge is 0.326 e. The SMILES string of the molecule is O=C(NCc1ccc(Cl)c(Cl)c1)N(c1ccc(Cl)cc1)c1ccc2c(cnn2O)c1. The summed E-state index contributed by atoms with van der Waals surface area (Å²) in [6.45, 7) is 0.261. The van der Waals surface area contributed by atoms with E-state index in [1.54, 1.807) is 60.7 Å². The normalized spacial score (nSPS) is 10.9. The maximum absolute atomic E-state index is 13.1. The summed E-state index contributed by atoms with van der Waals surface area (Å²) in [5.41, 5.74) is 2.57. The van der Waals surface area contributed by atoms with E-state index in [-0.39, 0.29) is 12.6 Å². The van der Waals surface area contributed by atoms with Crippen molar-refractivity contribution in [3.05, 3.63) is 87.5 Å². The number of hydrogen-bond acceptors (Lipinski definition) is 3. The molecular formula is C21H15Cl3N4O2. The maximum Gasteiger partial charge on any atom is 0.326 e. The Morgan fingerprint density at radius 1 is 0.967 bits per heavy atom. The Hall–Kier alpha value is -2.93. The van der Waals surface area contributed by atoms with Crippen LogP contribution in [-0.2, 0) is 6.54 Å². The Morgan fingerprint density at radius 2 is 1.70 bits per heavy atom. The largest absolute Gasteiger partial charge is 0.411 e. The lowest BCUT2D eigenvalue weighted by atomic mass is 10.2. The van der Waals surface area contributed by atoms with Crippen LogP contribution in [0, 0.1) is 0 Å². The van der Waals surface area contributed by atoms with E-state index in [0.717, 1.165) is 10.4 Å². The Kier molecular flexibility index (Phi) is 5.72. The van der Waals surface area contributed by atoms with Crippen LogP contribution in [0.5, 0.6) is 0 Å². The van der Waals surface area contributed by atoms with Gasteiger partial charge in [0, 0.05) is 17.0 Å². The summed E-state index contributed by atoms with van der Waals surface area (Å²) in [7, 11) is 0. The number of rotatable bonds is 4. The topological polar surface area (TPSA) is 70.4 Å². The van der Waals surface area contributed by atoms with Gasteiger partial charge in [-0.05, 0) is 60.2 Å². The highest BCUT2D eigenvalue weighted by Gasteiger charge is 2.19. The van der Waals surface area contributed by atoms with Crippen LogP contribution < -0.4 is 10.2 Å². The fourth-order valence-electron chi connectivity index (χ4n) is 3.03. The van der Waals surface area contributed by atoms with Crippen LogP contribution in [0.4, 0.5) is 16.2 Å². The van der Waals surface area contributed by atoms with E-state index in [1.807, 2.05) is 0 Å². The third kappa shape index (κ3) is 4.16. The monoisotopic (exact) mass is 460 g/mol. The summed E-state index contributed by atoms with van der Waals surface area (Å²) in [5.74, 6) is 0. The summed E-state index contributed by atoms with van der Waals surface area (Å²) < 4.78 is 0. The van der Waals surface area contributed by atoms with E-state index in [1.165, 1.54) is 11.1 Å². The zero-order valence-electron chi connectivity index (χ0n) is 15.4. The maximum atomic E-state index is 13.1. The molecule has 1 aromatic heterocycles. The number of aromatic nitrogens is 2. The molecule has 0 saturated carbocycles.